The summed E-state index contributed by atoms with van der Waals surface area (Å²) in [6.45, 7) is 1.88. The molecule has 3 aromatic carbocycles. The van der Waals surface area contributed by atoms with Crippen LogP contribution in [0, 0.1) is 12.7 Å². The Balaban J connectivity index is 1.64. The second-order valence-corrected chi connectivity index (χ2v) is 7.99. The van der Waals surface area contributed by atoms with Crippen molar-refractivity contribution in [1.29, 1.82) is 0 Å². The molecule has 0 aromatic heterocycles. The zero-order valence-electron chi connectivity index (χ0n) is 15.1. The van der Waals surface area contributed by atoms with Gasteiger partial charge in [0.25, 0.3) is 10.0 Å². The molecule has 0 radical (unpaired) electrons. The summed E-state index contributed by atoms with van der Waals surface area (Å²) in [5, 5.41) is 2.66. The predicted molar refractivity (Wildman–Crippen MR) is 107 cm³/mol. The minimum atomic E-state index is -3.69. The Morgan fingerprint density at radius 2 is 1.50 bits per heavy atom. The average Bonchev–Trinajstić information content (AvgIpc) is 2.65. The highest BCUT2D eigenvalue weighted by atomic mass is 32.2. The number of nitrogens with one attached hydrogen (secondary N) is 2. The van der Waals surface area contributed by atoms with Crippen LogP contribution in [0.1, 0.15) is 11.1 Å². The molecule has 2 N–H and O–H groups in total. The Kier molecular flexibility index (Phi) is 5.75. The first-order valence-corrected chi connectivity index (χ1v) is 10.0. The number of sulfonamides is 1. The summed E-state index contributed by atoms with van der Waals surface area (Å²) < 4.78 is 40.9. The SMILES string of the molecule is Cc1ccc(S(=O)(=O)Nc2ccc(NC(=O)Cc3ccccc3F)cc2)cc1. The first-order chi connectivity index (χ1) is 13.3. The number of anilines is 2. The molecule has 0 spiro atoms. The molecule has 3 aromatic rings. The van der Waals surface area contributed by atoms with Crippen LogP contribution in [-0.4, -0.2) is 14.3 Å². The van der Waals surface area contributed by atoms with Gasteiger partial charge in [-0.2, -0.15) is 0 Å². The minimum absolute atomic E-state index is 0.0888. The molecule has 28 heavy (non-hydrogen) atoms. The van der Waals surface area contributed by atoms with E-state index in [0.717, 1.165) is 5.56 Å². The smallest absolute Gasteiger partial charge is 0.261 e. The lowest BCUT2D eigenvalue weighted by Crippen LogP contribution is -2.15. The van der Waals surface area contributed by atoms with Gasteiger partial charge in [0.1, 0.15) is 5.82 Å². The molecule has 0 saturated heterocycles. The van der Waals surface area contributed by atoms with Gasteiger partial charge in [-0.1, -0.05) is 35.9 Å². The number of aryl methyl sites for hydroxylation is 1. The van der Waals surface area contributed by atoms with Crippen LogP contribution in [0.2, 0.25) is 0 Å². The Labute approximate surface area is 163 Å². The number of amides is 1. The van der Waals surface area contributed by atoms with Crippen molar-refractivity contribution >= 4 is 27.3 Å². The standard InChI is InChI=1S/C21H19FN2O3S/c1-15-6-12-19(13-7-15)28(26,27)24-18-10-8-17(9-11-18)23-21(25)14-16-4-2-3-5-20(16)22/h2-13,24H,14H2,1H3,(H,23,25). The molecular formula is C21H19FN2O3S. The van der Waals surface area contributed by atoms with Crippen LogP contribution >= 0.6 is 0 Å². The Morgan fingerprint density at radius 1 is 0.893 bits per heavy atom. The molecule has 0 atom stereocenters. The average molecular weight is 398 g/mol. The van der Waals surface area contributed by atoms with Crippen molar-refractivity contribution in [3.63, 3.8) is 0 Å². The maximum absolute atomic E-state index is 13.6. The summed E-state index contributed by atoms with van der Waals surface area (Å²) >= 11 is 0. The van der Waals surface area contributed by atoms with Gasteiger partial charge >= 0.3 is 0 Å². The Hall–Kier alpha value is -3.19. The summed E-state index contributed by atoms with van der Waals surface area (Å²) in [6.07, 6.45) is -0.0888. The van der Waals surface area contributed by atoms with E-state index in [2.05, 4.69) is 10.0 Å². The fourth-order valence-electron chi connectivity index (χ4n) is 2.57. The second-order valence-electron chi connectivity index (χ2n) is 6.31. The maximum Gasteiger partial charge on any atom is 0.261 e. The molecule has 0 aliphatic heterocycles. The summed E-state index contributed by atoms with van der Waals surface area (Å²) in [5.41, 5.74) is 2.13. The van der Waals surface area contributed by atoms with Gasteiger partial charge in [-0.05, 0) is 55.0 Å². The van der Waals surface area contributed by atoms with E-state index < -0.39 is 15.8 Å². The van der Waals surface area contributed by atoms with E-state index in [0.29, 0.717) is 16.9 Å². The quantitative estimate of drug-likeness (QED) is 0.656. The molecule has 1 amide bonds. The largest absolute Gasteiger partial charge is 0.326 e. The van der Waals surface area contributed by atoms with E-state index in [4.69, 9.17) is 0 Å². The molecule has 0 aliphatic carbocycles. The van der Waals surface area contributed by atoms with E-state index >= 15 is 0 Å². The lowest BCUT2D eigenvalue weighted by atomic mass is 10.1. The molecule has 0 bridgehead atoms. The number of benzene rings is 3. The van der Waals surface area contributed by atoms with E-state index in [1.807, 2.05) is 6.92 Å². The summed E-state index contributed by atoms with van der Waals surface area (Å²) in [7, 11) is -3.69. The normalized spacial score (nSPS) is 11.1. The lowest BCUT2D eigenvalue weighted by Gasteiger charge is -2.10. The van der Waals surface area contributed by atoms with Crippen LogP contribution in [0.3, 0.4) is 0 Å². The van der Waals surface area contributed by atoms with Crippen LogP contribution < -0.4 is 10.0 Å². The lowest BCUT2D eigenvalue weighted by molar-refractivity contribution is -0.115. The first-order valence-electron chi connectivity index (χ1n) is 8.56. The van der Waals surface area contributed by atoms with Crippen LogP contribution in [0.5, 0.6) is 0 Å². The number of rotatable bonds is 6. The summed E-state index contributed by atoms with van der Waals surface area (Å²) in [5.74, 6) is -0.795. The van der Waals surface area contributed by atoms with Gasteiger partial charge in [0.2, 0.25) is 5.91 Å². The molecule has 0 aliphatic rings. The van der Waals surface area contributed by atoms with Crippen LogP contribution in [0.15, 0.2) is 77.7 Å². The molecule has 0 saturated carbocycles. The maximum atomic E-state index is 13.6. The molecule has 0 heterocycles. The Morgan fingerprint density at radius 3 is 2.14 bits per heavy atom. The Bertz CT molecular complexity index is 1080. The zero-order chi connectivity index (χ0) is 20.1. The molecule has 7 heteroatoms. The van der Waals surface area contributed by atoms with Crippen molar-refractivity contribution in [2.45, 2.75) is 18.2 Å². The van der Waals surface area contributed by atoms with Gasteiger partial charge in [-0.15, -0.1) is 0 Å². The fraction of sp³-hybridized carbons (Fsp3) is 0.0952. The number of hydrogen-bond acceptors (Lipinski definition) is 3. The van der Waals surface area contributed by atoms with Gasteiger partial charge in [-0.25, -0.2) is 12.8 Å². The highest BCUT2D eigenvalue weighted by molar-refractivity contribution is 7.92. The molecule has 3 rings (SSSR count). The van der Waals surface area contributed by atoms with Crippen molar-refractivity contribution in [2.24, 2.45) is 0 Å². The van der Waals surface area contributed by atoms with Gasteiger partial charge in [-0.3, -0.25) is 9.52 Å². The predicted octanol–water partition coefficient (Wildman–Crippen LogP) is 4.12. The van der Waals surface area contributed by atoms with E-state index in [1.54, 1.807) is 54.6 Å². The molecular weight excluding hydrogens is 379 g/mol. The third-order valence-corrected chi connectivity index (χ3v) is 5.46. The molecule has 5 nitrogen and oxygen atoms in total. The summed E-state index contributed by atoms with van der Waals surface area (Å²) in [4.78, 5) is 12.2. The van der Waals surface area contributed by atoms with Crippen molar-refractivity contribution < 1.29 is 17.6 Å². The molecule has 144 valence electrons. The molecule has 0 unspecified atom stereocenters. The van der Waals surface area contributed by atoms with Gasteiger partial charge in [0.05, 0.1) is 11.3 Å². The number of carbonyl (C=O) groups is 1. The van der Waals surface area contributed by atoms with E-state index in [-0.39, 0.29) is 17.2 Å². The minimum Gasteiger partial charge on any atom is -0.326 e. The van der Waals surface area contributed by atoms with Gasteiger partial charge in [0.15, 0.2) is 0 Å². The highest BCUT2D eigenvalue weighted by Gasteiger charge is 2.14. The third kappa shape index (κ3) is 4.95. The van der Waals surface area contributed by atoms with Crippen molar-refractivity contribution in [3.8, 4) is 0 Å². The second kappa shape index (κ2) is 8.22. The number of hydrogen-bond donors (Lipinski definition) is 2. The van der Waals surface area contributed by atoms with Crippen LogP contribution in [0.4, 0.5) is 15.8 Å². The summed E-state index contributed by atoms with van der Waals surface area (Å²) in [6, 6.07) is 18.9. The van der Waals surface area contributed by atoms with Crippen molar-refractivity contribution in [1.82, 2.24) is 0 Å². The monoisotopic (exact) mass is 398 g/mol. The van der Waals surface area contributed by atoms with Gasteiger partial charge < -0.3 is 5.32 Å². The van der Waals surface area contributed by atoms with Crippen molar-refractivity contribution in [2.75, 3.05) is 10.0 Å². The number of carbonyl (C=O) groups excluding carboxylic acids is 1. The third-order valence-electron chi connectivity index (χ3n) is 4.06. The zero-order valence-corrected chi connectivity index (χ0v) is 16.0. The van der Waals surface area contributed by atoms with Crippen molar-refractivity contribution in [3.05, 3.63) is 89.7 Å². The van der Waals surface area contributed by atoms with E-state index in [9.17, 15) is 17.6 Å². The fourth-order valence-corrected chi connectivity index (χ4v) is 3.63. The van der Waals surface area contributed by atoms with Crippen LogP contribution in [-0.2, 0) is 21.2 Å². The highest BCUT2D eigenvalue weighted by Crippen LogP contribution is 2.19. The van der Waals surface area contributed by atoms with Crippen LogP contribution in [0.25, 0.3) is 0 Å². The topological polar surface area (TPSA) is 75.3 Å². The number of halogens is 1. The first kappa shape index (κ1) is 19.6. The molecule has 0 fully saturated rings. The van der Waals surface area contributed by atoms with E-state index in [1.165, 1.54) is 18.2 Å². The van der Waals surface area contributed by atoms with Gasteiger partial charge in [0, 0.05) is 11.4 Å².